The molecule has 4 heteroatoms. The Morgan fingerprint density at radius 3 is 2.46 bits per heavy atom. The lowest BCUT2D eigenvalue weighted by atomic mass is 9.97. The molecule has 0 bridgehead atoms. The monoisotopic (exact) mass is 374 g/mol. The number of hydrogen-bond acceptors (Lipinski definition) is 2. The molecule has 3 aromatic rings. The molecule has 3 nitrogen and oxygen atoms in total. The van der Waals surface area contributed by atoms with Gasteiger partial charge < -0.3 is 0 Å². The van der Waals surface area contributed by atoms with Gasteiger partial charge in [-0.2, -0.15) is 0 Å². The van der Waals surface area contributed by atoms with E-state index in [4.69, 9.17) is 4.84 Å². The zero-order chi connectivity index (χ0) is 19.3. The minimum Gasteiger partial charge on any atom is -0.270 e. The Morgan fingerprint density at radius 2 is 1.75 bits per heavy atom. The molecule has 1 aliphatic rings. The van der Waals surface area contributed by atoms with Gasteiger partial charge in [-0.1, -0.05) is 48.5 Å². The van der Waals surface area contributed by atoms with Crippen molar-refractivity contribution in [1.29, 1.82) is 0 Å². The van der Waals surface area contributed by atoms with Crippen LogP contribution >= 0.6 is 0 Å². The Balaban J connectivity index is 1.47. The molecule has 0 aromatic heterocycles. The molecular weight excluding hydrogens is 351 g/mol. The average Bonchev–Trinajstić information content (AvgIpc) is 3.54. The van der Waals surface area contributed by atoms with Crippen LogP contribution < -0.4 is 5.48 Å². The number of nitrogens with one attached hydrogen (secondary N) is 1. The highest BCUT2D eigenvalue weighted by Gasteiger charge is 2.21. The third-order valence-corrected chi connectivity index (χ3v) is 4.90. The topological polar surface area (TPSA) is 33.6 Å². The van der Waals surface area contributed by atoms with Gasteiger partial charge in [0, 0.05) is 5.56 Å². The fourth-order valence-corrected chi connectivity index (χ4v) is 3.11. The third-order valence-electron chi connectivity index (χ3n) is 4.90. The van der Waals surface area contributed by atoms with Crippen molar-refractivity contribution in [2.75, 3.05) is 0 Å². The number of nitrogens with zero attached hydrogens (tertiary/aromatic N) is 1. The molecule has 0 radical (unpaired) electrons. The van der Waals surface area contributed by atoms with Crippen LogP contribution in [0.1, 0.15) is 29.5 Å². The highest BCUT2D eigenvalue weighted by molar-refractivity contribution is 5.98. The lowest BCUT2D eigenvalue weighted by Crippen LogP contribution is -2.25. The summed E-state index contributed by atoms with van der Waals surface area (Å²) in [4.78, 5) is 10.5. The van der Waals surface area contributed by atoms with Crippen molar-refractivity contribution in [3.8, 4) is 11.1 Å². The second-order valence-electron chi connectivity index (χ2n) is 7.06. The van der Waals surface area contributed by atoms with Crippen molar-refractivity contribution in [3.63, 3.8) is 0 Å². The van der Waals surface area contributed by atoms with Crippen LogP contribution in [0.3, 0.4) is 0 Å². The first-order valence-corrected chi connectivity index (χ1v) is 9.56. The lowest BCUT2D eigenvalue weighted by Gasteiger charge is -2.14. The largest absolute Gasteiger partial charge is 0.270 e. The van der Waals surface area contributed by atoms with Crippen LogP contribution in [0.5, 0.6) is 0 Å². The number of hydrogen-bond donors (Lipinski definition) is 1. The lowest BCUT2D eigenvalue weighted by molar-refractivity contribution is 0.0710. The summed E-state index contributed by atoms with van der Waals surface area (Å²) < 4.78 is 13.2. The van der Waals surface area contributed by atoms with Crippen molar-refractivity contribution in [3.05, 3.63) is 95.3 Å². The van der Waals surface area contributed by atoms with Gasteiger partial charge in [-0.05, 0) is 66.3 Å². The summed E-state index contributed by atoms with van der Waals surface area (Å²) in [5, 5.41) is 0. The van der Waals surface area contributed by atoms with Gasteiger partial charge in [0.15, 0.2) is 5.84 Å². The SMILES string of the molecule is Cc1c(CONC(=NC2CC2)c2ccc(F)cc2)cccc1-c1ccccc1. The molecule has 1 fully saturated rings. The Kier molecular flexibility index (Phi) is 5.49. The highest BCUT2D eigenvalue weighted by Crippen LogP contribution is 2.26. The average molecular weight is 374 g/mol. The van der Waals surface area contributed by atoms with Crippen LogP contribution in [0.25, 0.3) is 11.1 Å². The smallest absolute Gasteiger partial charge is 0.152 e. The van der Waals surface area contributed by atoms with E-state index in [1.807, 2.05) is 24.3 Å². The molecule has 28 heavy (non-hydrogen) atoms. The summed E-state index contributed by atoms with van der Waals surface area (Å²) in [5.74, 6) is 0.392. The van der Waals surface area contributed by atoms with E-state index < -0.39 is 0 Å². The van der Waals surface area contributed by atoms with Crippen LogP contribution in [-0.4, -0.2) is 11.9 Å². The van der Waals surface area contributed by atoms with E-state index in [2.05, 4.69) is 41.7 Å². The van der Waals surface area contributed by atoms with Gasteiger partial charge >= 0.3 is 0 Å². The summed E-state index contributed by atoms with van der Waals surface area (Å²) in [6, 6.07) is 23.2. The van der Waals surface area contributed by atoms with E-state index >= 15 is 0 Å². The number of benzene rings is 3. The summed E-state index contributed by atoms with van der Waals surface area (Å²) in [5.41, 5.74) is 8.51. The summed E-state index contributed by atoms with van der Waals surface area (Å²) in [7, 11) is 0. The molecule has 0 aliphatic heterocycles. The maximum absolute atomic E-state index is 13.2. The van der Waals surface area contributed by atoms with Crippen molar-refractivity contribution >= 4 is 5.84 Å². The van der Waals surface area contributed by atoms with Gasteiger partial charge in [-0.3, -0.25) is 9.83 Å². The standard InChI is InChI=1S/C24H23FN2O/c1-17-20(8-5-9-23(17)18-6-3-2-4-7-18)16-28-27-24(26-22-14-15-22)19-10-12-21(25)13-11-19/h2-13,22H,14-16H2,1H3,(H,26,27). The number of amidine groups is 1. The maximum atomic E-state index is 13.2. The molecule has 3 aromatic carbocycles. The Labute approximate surface area is 164 Å². The number of halogens is 1. The Morgan fingerprint density at radius 1 is 1.00 bits per heavy atom. The first-order valence-electron chi connectivity index (χ1n) is 9.56. The van der Waals surface area contributed by atoms with Gasteiger partial charge in [0.05, 0.1) is 12.6 Å². The second-order valence-corrected chi connectivity index (χ2v) is 7.06. The summed E-state index contributed by atoms with van der Waals surface area (Å²) in [6.45, 7) is 2.53. The molecule has 0 spiro atoms. The van der Waals surface area contributed by atoms with Crippen LogP contribution in [0.4, 0.5) is 4.39 Å². The molecule has 0 atom stereocenters. The highest BCUT2D eigenvalue weighted by atomic mass is 19.1. The molecule has 142 valence electrons. The Bertz CT molecular complexity index is 964. The van der Waals surface area contributed by atoms with Gasteiger partial charge in [0.2, 0.25) is 0 Å². The molecule has 0 amide bonds. The fraction of sp³-hybridized carbons (Fsp3) is 0.208. The first kappa shape index (κ1) is 18.4. The van der Waals surface area contributed by atoms with E-state index in [0.717, 1.165) is 24.0 Å². The summed E-state index contributed by atoms with van der Waals surface area (Å²) in [6.07, 6.45) is 2.18. The van der Waals surface area contributed by atoms with Gasteiger partial charge in [-0.25, -0.2) is 9.87 Å². The molecule has 4 rings (SSSR count). The van der Waals surface area contributed by atoms with Gasteiger partial charge in [0.1, 0.15) is 5.82 Å². The minimum atomic E-state index is -0.260. The quantitative estimate of drug-likeness (QED) is 0.354. The van der Waals surface area contributed by atoms with E-state index in [0.29, 0.717) is 18.5 Å². The molecule has 1 aliphatic carbocycles. The van der Waals surface area contributed by atoms with E-state index in [1.54, 1.807) is 12.1 Å². The van der Waals surface area contributed by atoms with Crippen LogP contribution in [-0.2, 0) is 11.4 Å². The normalized spacial score (nSPS) is 14.1. The minimum absolute atomic E-state index is 0.260. The zero-order valence-electron chi connectivity index (χ0n) is 15.9. The maximum Gasteiger partial charge on any atom is 0.152 e. The van der Waals surface area contributed by atoms with Crippen LogP contribution in [0, 0.1) is 12.7 Å². The summed E-state index contributed by atoms with van der Waals surface area (Å²) >= 11 is 0. The predicted molar refractivity (Wildman–Crippen MR) is 110 cm³/mol. The van der Waals surface area contributed by atoms with Crippen molar-refractivity contribution in [2.24, 2.45) is 4.99 Å². The molecular formula is C24H23FN2O. The van der Waals surface area contributed by atoms with Crippen molar-refractivity contribution < 1.29 is 9.23 Å². The predicted octanol–water partition coefficient (Wildman–Crippen LogP) is 5.43. The number of rotatable bonds is 6. The molecule has 1 saturated carbocycles. The van der Waals surface area contributed by atoms with E-state index in [-0.39, 0.29) is 5.82 Å². The van der Waals surface area contributed by atoms with Crippen molar-refractivity contribution in [1.82, 2.24) is 5.48 Å². The van der Waals surface area contributed by atoms with Crippen LogP contribution in [0.15, 0.2) is 77.8 Å². The van der Waals surface area contributed by atoms with Gasteiger partial charge in [-0.15, -0.1) is 0 Å². The van der Waals surface area contributed by atoms with E-state index in [1.165, 1.54) is 28.8 Å². The van der Waals surface area contributed by atoms with Crippen molar-refractivity contribution in [2.45, 2.75) is 32.4 Å². The zero-order valence-corrected chi connectivity index (χ0v) is 15.9. The fourth-order valence-electron chi connectivity index (χ4n) is 3.11. The molecule has 1 N–H and O–H groups in total. The number of aliphatic imine (C=N–C) groups is 1. The molecule has 0 saturated heterocycles. The first-order chi connectivity index (χ1) is 13.7. The van der Waals surface area contributed by atoms with Gasteiger partial charge in [0.25, 0.3) is 0 Å². The number of hydroxylamine groups is 1. The second kappa shape index (κ2) is 8.36. The Hall–Kier alpha value is -2.98. The molecule has 0 heterocycles. The van der Waals surface area contributed by atoms with E-state index in [9.17, 15) is 4.39 Å². The molecule has 0 unspecified atom stereocenters. The third kappa shape index (κ3) is 4.46. The van der Waals surface area contributed by atoms with Crippen LogP contribution in [0.2, 0.25) is 0 Å².